The maximum Gasteiger partial charge on any atom is 0.154 e. The summed E-state index contributed by atoms with van der Waals surface area (Å²) in [7, 11) is 3.46. The first-order chi connectivity index (χ1) is 9.49. The largest absolute Gasteiger partial charge is 0.496 e. The molecule has 0 bridgehead atoms. The van der Waals surface area contributed by atoms with E-state index in [1.165, 1.54) is 5.56 Å². The lowest BCUT2D eigenvalue weighted by atomic mass is 10.00. The maximum absolute atomic E-state index is 9.16. The highest BCUT2D eigenvalue weighted by molar-refractivity contribution is 9.10. The monoisotopic (exact) mass is 333 g/mol. The number of imidazole rings is 1. The minimum atomic E-state index is 0.416. The first kappa shape index (κ1) is 14.6. The van der Waals surface area contributed by atoms with Gasteiger partial charge in [0, 0.05) is 7.05 Å². The molecule has 5 heteroatoms. The zero-order valence-corrected chi connectivity index (χ0v) is 13.5. The highest BCUT2D eigenvalue weighted by Crippen LogP contribution is 2.34. The molecule has 0 spiro atoms. The van der Waals surface area contributed by atoms with Gasteiger partial charge in [-0.2, -0.15) is 5.26 Å². The third kappa shape index (κ3) is 2.44. The smallest absolute Gasteiger partial charge is 0.154 e. The number of benzene rings is 1. The van der Waals surface area contributed by atoms with Crippen molar-refractivity contribution in [2.45, 2.75) is 19.8 Å². The van der Waals surface area contributed by atoms with Crippen molar-refractivity contribution in [3.8, 4) is 23.2 Å². The predicted octanol–water partition coefficient (Wildman–Crippen LogP) is 3.85. The summed E-state index contributed by atoms with van der Waals surface area (Å²) in [5.41, 5.74) is 2.60. The highest BCUT2D eigenvalue weighted by atomic mass is 79.9. The first-order valence-corrected chi connectivity index (χ1v) is 7.09. The van der Waals surface area contributed by atoms with Gasteiger partial charge >= 0.3 is 0 Å². The molecule has 0 aliphatic heterocycles. The lowest BCUT2D eigenvalue weighted by Crippen LogP contribution is -1.99. The molecule has 0 radical (unpaired) electrons. The average Bonchev–Trinajstić information content (AvgIpc) is 2.72. The Hall–Kier alpha value is -1.80. The van der Waals surface area contributed by atoms with Gasteiger partial charge in [0.1, 0.15) is 22.2 Å². The summed E-state index contributed by atoms with van der Waals surface area (Å²) in [4.78, 5) is 4.44. The van der Waals surface area contributed by atoms with Crippen LogP contribution in [0.15, 0.2) is 22.8 Å². The van der Waals surface area contributed by atoms with E-state index in [2.05, 4.69) is 53.0 Å². The van der Waals surface area contributed by atoms with E-state index in [1.54, 1.807) is 11.7 Å². The second-order valence-corrected chi connectivity index (χ2v) is 5.61. The summed E-state index contributed by atoms with van der Waals surface area (Å²) in [6, 6.07) is 8.21. The van der Waals surface area contributed by atoms with Gasteiger partial charge in [0.2, 0.25) is 0 Å². The molecule has 0 saturated carbocycles. The van der Waals surface area contributed by atoms with Crippen LogP contribution in [0.3, 0.4) is 0 Å². The number of halogens is 1. The van der Waals surface area contributed by atoms with Gasteiger partial charge < -0.3 is 9.30 Å². The Morgan fingerprint density at radius 3 is 2.60 bits per heavy atom. The van der Waals surface area contributed by atoms with E-state index in [-0.39, 0.29) is 0 Å². The zero-order chi connectivity index (χ0) is 14.9. The van der Waals surface area contributed by atoms with Crippen LogP contribution >= 0.6 is 15.9 Å². The molecule has 104 valence electrons. The predicted molar refractivity (Wildman–Crippen MR) is 81.7 cm³/mol. The van der Waals surface area contributed by atoms with E-state index >= 15 is 0 Å². The van der Waals surface area contributed by atoms with Gasteiger partial charge in [-0.1, -0.05) is 19.9 Å². The number of methoxy groups -OCH3 is 1. The van der Waals surface area contributed by atoms with Gasteiger partial charge in [0.05, 0.1) is 12.7 Å². The van der Waals surface area contributed by atoms with E-state index < -0.39 is 0 Å². The molecule has 4 nitrogen and oxygen atoms in total. The average molecular weight is 334 g/mol. The molecule has 1 aromatic carbocycles. The van der Waals surface area contributed by atoms with Crippen molar-refractivity contribution in [2.24, 2.45) is 7.05 Å². The molecule has 1 aromatic heterocycles. The summed E-state index contributed by atoms with van der Waals surface area (Å²) in [6.45, 7) is 4.28. The normalized spacial score (nSPS) is 10.7. The maximum atomic E-state index is 9.16. The minimum absolute atomic E-state index is 0.416. The van der Waals surface area contributed by atoms with Crippen molar-refractivity contribution in [2.75, 3.05) is 7.11 Å². The van der Waals surface area contributed by atoms with Gasteiger partial charge in [-0.3, -0.25) is 0 Å². The molecule has 0 N–H and O–H groups in total. The standard InChI is InChI=1S/C15H16BrN3O/c1-9(2)10-5-6-13(20-4)11(7-10)15-18-14(16)12(8-17)19(15)3/h5-7,9H,1-4H3. The van der Waals surface area contributed by atoms with Crippen LogP contribution in [0.25, 0.3) is 11.4 Å². The van der Waals surface area contributed by atoms with Crippen molar-refractivity contribution in [1.29, 1.82) is 5.26 Å². The molecule has 0 amide bonds. The van der Waals surface area contributed by atoms with Crippen LogP contribution in [0.5, 0.6) is 5.75 Å². The van der Waals surface area contributed by atoms with Crippen LogP contribution in [-0.2, 0) is 7.05 Å². The molecule has 2 aromatic rings. The van der Waals surface area contributed by atoms with Crippen molar-refractivity contribution in [3.05, 3.63) is 34.1 Å². The molecular formula is C15H16BrN3O. The van der Waals surface area contributed by atoms with E-state index in [0.717, 1.165) is 11.3 Å². The third-order valence-electron chi connectivity index (χ3n) is 3.29. The van der Waals surface area contributed by atoms with Crippen LogP contribution in [-0.4, -0.2) is 16.7 Å². The summed E-state index contributed by atoms with van der Waals surface area (Å²) < 4.78 is 7.74. The number of ether oxygens (including phenoxy) is 1. The number of hydrogen-bond donors (Lipinski definition) is 0. The molecule has 0 aliphatic rings. The molecule has 0 aliphatic carbocycles. The second-order valence-electron chi connectivity index (χ2n) is 4.86. The van der Waals surface area contributed by atoms with Gasteiger partial charge in [0.25, 0.3) is 0 Å². The van der Waals surface area contributed by atoms with Crippen LogP contribution in [0.2, 0.25) is 0 Å². The summed E-state index contributed by atoms with van der Waals surface area (Å²) in [6.07, 6.45) is 0. The molecule has 0 unspecified atom stereocenters. The lowest BCUT2D eigenvalue weighted by Gasteiger charge is -2.12. The van der Waals surface area contributed by atoms with Crippen molar-refractivity contribution in [3.63, 3.8) is 0 Å². The fourth-order valence-corrected chi connectivity index (χ4v) is 2.61. The van der Waals surface area contributed by atoms with Crippen molar-refractivity contribution < 1.29 is 4.74 Å². The molecule has 20 heavy (non-hydrogen) atoms. The Morgan fingerprint density at radius 2 is 2.10 bits per heavy atom. The summed E-state index contributed by atoms with van der Waals surface area (Å²) in [5.74, 6) is 1.88. The van der Waals surface area contributed by atoms with E-state index in [4.69, 9.17) is 10.00 Å². The molecule has 0 fully saturated rings. The quantitative estimate of drug-likeness (QED) is 0.857. The Morgan fingerprint density at radius 1 is 1.40 bits per heavy atom. The third-order valence-corrected chi connectivity index (χ3v) is 3.84. The molecule has 0 saturated heterocycles. The van der Waals surface area contributed by atoms with Crippen molar-refractivity contribution >= 4 is 15.9 Å². The number of nitrogens with zero attached hydrogens (tertiary/aromatic N) is 3. The van der Waals surface area contributed by atoms with E-state index in [9.17, 15) is 0 Å². The molecular weight excluding hydrogens is 318 g/mol. The van der Waals surface area contributed by atoms with Crippen LogP contribution in [0.1, 0.15) is 31.0 Å². The van der Waals surface area contributed by atoms with E-state index in [1.807, 2.05) is 13.1 Å². The van der Waals surface area contributed by atoms with Gasteiger partial charge in [-0.25, -0.2) is 4.98 Å². The number of aromatic nitrogens is 2. The number of hydrogen-bond acceptors (Lipinski definition) is 3. The van der Waals surface area contributed by atoms with Gasteiger partial charge in [-0.15, -0.1) is 0 Å². The van der Waals surface area contributed by atoms with Gasteiger partial charge in [0.15, 0.2) is 5.69 Å². The molecule has 1 heterocycles. The minimum Gasteiger partial charge on any atom is -0.496 e. The Kier molecular flexibility index (Phi) is 4.15. The fourth-order valence-electron chi connectivity index (χ4n) is 2.09. The Labute approximate surface area is 127 Å². The fraction of sp³-hybridized carbons (Fsp3) is 0.333. The lowest BCUT2D eigenvalue weighted by molar-refractivity contribution is 0.415. The van der Waals surface area contributed by atoms with Crippen LogP contribution < -0.4 is 4.74 Å². The van der Waals surface area contributed by atoms with E-state index in [0.29, 0.717) is 22.0 Å². The summed E-state index contributed by atoms with van der Waals surface area (Å²) in [5, 5.41) is 9.16. The number of nitriles is 1. The zero-order valence-electron chi connectivity index (χ0n) is 11.9. The number of rotatable bonds is 3. The first-order valence-electron chi connectivity index (χ1n) is 6.30. The highest BCUT2D eigenvalue weighted by Gasteiger charge is 2.18. The van der Waals surface area contributed by atoms with Gasteiger partial charge in [-0.05, 0) is 39.5 Å². The Bertz CT molecular complexity index is 683. The Balaban J connectivity index is 2.68. The second kappa shape index (κ2) is 5.68. The van der Waals surface area contributed by atoms with Crippen LogP contribution in [0, 0.1) is 11.3 Å². The molecule has 0 atom stereocenters. The summed E-state index contributed by atoms with van der Waals surface area (Å²) >= 11 is 3.32. The van der Waals surface area contributed by atoms with Crippen molar-refractivity contribution in [1.82, 2.24) is 9.55 Å². The topological polar surface area (TPSA) is 50.8 Å². The molecule has 2 rings (SSSR count). The van der Waals surface area contributed by atoms with Crippen LogP contribution in [0.4, 0.5) is 0 Å². The SMILES string of the molecule is COc1ccc(C(C)C)cc1-c1nc(Br)c(C#N)n1C.